The van der Waals surface area contributed by atoms with Gasteiger partial charge in [-0.15, -0.1) is 0 Å². The second-order valence-corrected chi connectivity index (χ2v) is 6.82. The van der Waals surface area contributed by atoms with Crippen molar-refractivity contribution in [2.24, 2.45) is 5.92 Å². The molecule has 28 heavy (non-hydrogen) atoms. The van der Waals surface area contributed by atoms with Crippen LogP contribution in [0, 0.1) is 5.92 Å². The van der Waals surface area contributed by atoms with Gasteiger partial charge >= 0.3 is 5.97 Å². The van der Waals surface area contributed by atoms with E-state index in [2.05, 4.69) is 32.5 Å². The molecule has 0 radical (unpaired) electrons. The predicted octanol–water partition coefficient (Wildman–Crippen LogP) is 2.58. The third-order valence-corrected chi connectivity index (χ3v) is 5.04. The number of ether oxygens (including phenoxy) is 2. The Labute approximate surface area is 162 Å². The van der Waals surface area contributed by atoms with Gasteiger partial charge in [0.15, 0.2) is 5.65 Å². The van der Waals surface area contributed by atoms with E-state index in [1.807, 2.05) is 18.2 Å². The molecule has 1 aliphatic heterocycles. The van der Waals surface area contributed by atoms with Gasteiger partial charge in [0.05, 0.1) is 24.8 Å². The smallest absolute Gasteiger partial charge is 0.327 e. The minimum absolute atomic E-state index is 0.0169. The molecule has 2 aromatic heterocycles. The van der Waals surface area contributed by atoms with Crippen LogP contribution in [0.1, 0.15) is 24.5 Å². The highest BCUT2D eigenvalue weighted by Crippen LogP contribution is 2.34. The molecule has 0 amide bonds. The number of aromatic nitrogens is 4. The monoisotopic (exact) mass is 381 g/mol. The number of carbonyl (C=O) groups is 1. The lowest BCUT2D eigenvalue weighted by Crippen LogP contribution is -2.28. The molecule has 1 fully saturated rings. The van der Waals surface area contributed by atoms with E-state index in [0.29, 0.717) is 17.4 Å². The van der Waals surface area contributed by atoms with Gasteiger partial charge in [-0.25, -0.2) is 14.6 Å². The Balaban J connectivity index is 1.51. The molecule has 3 heterocycles. The van der Waals surface area contributed by atoms with Crippen LogP contribution in [0.15, 0.2) is 42.9 Å². The van der Waals surface area contributed by atoms with E-state index in [1.54, 1.807) is 6.20 Å². The van der Waals surface area contributed by atoms with E-state index >= 15 is 0 Å². The van der Waals surface area contributed by atoms with Crippen molar-refractivity contribution in [1.82, 2.24) is 19.7 Å². The summed E-state index contributed by atoms with van der Waals surface area (Å²) in [5.41, 5.74) is 1.80. The maximum absolute atomic E-state index is 11.6. The minimum Gasteiger partial charge on any atom is -0.468 e. The van der Waals surface area contributed by atoms with Crippen molar-refractivity contribution in [3.8, 4) is 0 Å². The molecule has 0 saturated carbocycles. The second kappa shape index (κ2) is 8.35. The van der Waals surface area contributed by atoms with E-state index in [9.17, 15) is 4.79 Å². The number of nitrogens with zero attached hydrogens (tertiary/aromatic N) is 4. The van der Waals surface area contributed by atoms with Crippen LogP contribution in [0.2, 0.25) is 0 Å². The lowest BCUT2D eigenvalue weighted by molar-refractivity contribution is -0.141. The van der Waals surface area contributed by atoms with Crippen LogP contribution in [0.5, 0.6) is 0 Å². The summed E-state index contributed by atoms with van der Waals surface area (Å²) in [5.74, 6) is 0.674. The molecule has 0 bridgehead atoms. The Bertz CT molecular complexity index is 943. The quantitative estimate of drug-likeness (QED) is 0.656. The Kier molecular flexibility index (Phi) is 5.48. The van der Waals surface area contributed by atoms with Crippen LogP contribution in [0.3, 0.4) is 0 Å². The highest BCUT2D eigenvalue weighted by molar-refractivity contribution is 5.86. The summed E-state index contributed by atoms with van der Waals surface area (Å²) in [6.45, 7) is 1.53. The topological polar surface area (TPSA) is 91.2 Å². The minimum atomic E-state index is -0.372. The molecule has 8 heteroatoms. The van der Waals surface area contributed by atoms with Crippen molar-refractivity contribution in [3.63, 3.8) is 0 Å². The van der Waals surface area contributed by atoms with E-state index < -0.39 is 0 Å². The van der Waals surface area contributed by atoms with Gasteiger partial charge in [-0.3, -0.25) is 4.79 Å². The number of fused-ring (bicyclic) bond motifs is 1. The summed E-state index contributed by atoms with van der Waals surface area (Å²) in [4.78, 5) is 20.2. The van der Waals surface area contributed by atoms with E-state index in [0.717, 1.165) is 31.4 Å². The van der Waals surface area contributed by atoms with Gasteiger partial charge in [0, 0.05) is 19.1 Å². The number of carbonyl (C=O) groups excluding carboxylic acids is 1. The number of anilines is 1. The van der Waals surface area contributed by atoms with Gasteiger partial charge in [0.1, 0.15) is 18.7 Å². The molecule has 2 unspecified atom stereocenters. The molecule has 8 nitrogen and oxygen atoms in total. The number of methoxy groups -OCH3 is 1. The summed E-state index contributed by atoms with van der Waals surface area (Å²) in [7, 11) is 1.35. The maximum atomic E-state index is 11.6. The Morgan fingerprint density at radius 2 is 2.18 bits per heavy atom. The lowest BCUT2D eigenvalue weighted by atomic mass is 9.89. The maximum Gasteiger partial charge on any atom is 0.327 e. The zero-order valence-electron chi connectivity index (χ0n) is 15.7. The van der Waals surface area contributed by atoms with Crippen molar-refractivity contribution < 1.29 is 14.3 Å². The van der Waals surface area contributed by atoms with Crippen molar-refractivity contribution in [1.29, 1.82) is 0 Å². The van der Waals surface area contributed by atoms with Crippen LogP contribution in [0.25, 0.3) is 11.0 Å². The third-order valence-electron chi connectivity index (χ3n) is 5.04. The van der Waals surface area contributed by atoms with Crippen LogP contribution < -0.4 is 5.32 Å². The average Bonchev–Trinajstić information content (AvgIpc) is 3.16. The number of hydrogen-bond acceptors (Lipinski definition) is 7. The molecule has 1 N–H and O–H groups in total. The van der Waals surface area contributed by atoms with Gasteiger partial charge in [-0.2, -0.15) is 5.10 Å². The van der Waals surface area contributed by atoms with Crippen molar-refractivity contribution in [3.05, 3.63) is 48.4 Å². The van der Waals surface area contributed by atoms with Crippen molar-refractivity contribution in [2.45, 2.75) is 25.5 Å². The lowest BCUT2D eigenvalue weighted by Gasteiger charge is -2.32. The molecule has 0 spiro atoms. The van der Waals surface area contributed by atoms with Crippen LogP contribution in [-0.2, 0) is 20.8 Å². The zero-order chi connectivity index (χ0) is 19.3. The van der Waals surface area contributed by atoms with Crippen molar-refractivity contribution in [2.75, 3.05) is 25.6 Å². The summed E-state index contributed by atoms with van der Waals surface area (Å²) < 4.78 is 12.3. The first-order valence-electron chi connectivity index (χ1n) is 9.40. The average molecular weight is 381 g/mol. The molecule has 1 saturated heterocycles. The normalized spacial score (nSPS) is 19.5. The Morgan fingerprint density at radius 1 is 1.32 bits per heavy atom. The second-order valence-electron chi connectivity index (χ2n) is 6.82. The molecule has 3 aromatic rings. The number of benzene rings is 1. The molecule has 0 aliphatic carbocycles. The first kappa shape index (κ1) is 18.4. The highest BCUT2D eigenvalue weighted by Gasteiger charge is 2.27. The molecule has 2 atom stereocenters. The van der Waals surface area contributed by atoms with E-state index in [-0.39, 0.29) is 18.6 Å². The first-order chi connectivity index (χ1) is 13.8. The number of esters is 1. The fourth-order valence-corrected chi connectivity index (χ4v) is 3.63. The third kappa shape index (κ3) is 3.82. The molecule has 1 aromatic carbocycles. The molecular formula is C20H23N5O3. The summed E-state index contributed by atoms with van der Waals surface area (Å²) in [6.07, 6.45) is 5.36. The molecule has 4 rings (SSSR count). The fraction of sp³-hybridized carbons (Fsp3) is 0.400. The van der Waals surface area contributed by atoms with Gasteiger partial charge in [-0.05, 0) is 18.4 Å². The SMILES string of the molecule is COC(=O)Cn1ncc2c(NCC3CCCOC3c3ccccc3)ncnc21. The summed E-state index contributed by atoms with van der Waals surface area (Å²) >= 11 is 0. The van der Waals surface area contributed by atoms with Gasteiger partial charge in [0.2, 0.25) is 0 Å². The number of hydrogen-bond donors (Lipinski definition) is 1. The first-order valence-corrected chi connectivity index (χ1v) is 9.40. The Hall–Kier alpha value is -3.00. The number of nitrogens with one attached hydrogen (secondary N) is 1. The van der Waals surface area contributed by atoms with Gasteiger partial charge < -0.3 is 14.8 Å². The Morgan fingerprint density at radius 3 is 3.00 bits per heavy atom. The largest absolute Gasteiger partial charge is 0.468 e. The van der Waals surface area contributed by atoms with Crippen LogP contribution in [-0.4, -0.2) is 46.0 Å². The van der Waals surface area contributed by atoms with Crippen molar-refractivity contribution >= 4 is 22.8 Å². The fourth-order valence-electron chi connectivity index (χ4n) is 3.63. The van der Waals surface area contributed by atoms with E-state index in [4.69, 9.17) is 9.47 Å². The number of rotatable bonds is 6. The molecule has 146 valence electrons. The predicted molar refractivity (Wildman–Crippen MR) is 104 cm³/mol. The highest BCUT2D eigenvalue weighted by atomic mass is 16.5. The standard InChI is InChI=1S/C20H23N5O3/c1-27-17(26)12-25-20-16(11-24-25)19(22-13-23-20)21-10-15-8-5-9-28-18(15)14-6-3-2-4-7-14/h2-4,6-7,11,13,15,18H,5,8-10,12H2,1H3,(H,21,22,23). The van der Waals surface area contributed by atoms with E-state index in [1.165, 1.54) is 23.7 Å². The van der Waals surface area contributed by atoms with Gasteiger partial charge in [-0.1, -0.05) is 30.3 Å². The summed E-state index contributed by atoms with van der Waals surface area (Å²) in [6, 6.07) is 10.3. The van der Waals surface area contributed by atoms with Gasteiger partial charge in [0.25, 0.3) is 0 Å². The van der Waals surface area contributed by atoms with Crippen LogP contribution in [0.4, 0.5) is 5.82 Å². The molecule has 1 aliphatic rings. The van der Waals surface area contributed by atoms with Crippen LogP contribution >= 0.6 is 0 Å². The molecular weight excluding hydrogens is 358 g/mol. The zero-order valence-corrected chi connectivity index (χ0v) is 15.7. The summed E-state index contributed by atoms with van der Waals surface area (Å²) in [5, 5.41) is 8.46.